The highest BCUT2D eigenvalue weighted by Crippen LogP contribution is 2.27. The van der Waals surface area contributed by atoms with Crippen LogP contribution < -0.4 is 5.73 Å². The highest BCUT2D eigenvalue weighted by atomic mass is 16.5. The van der Waals surface area contributed by atoms with Crippen molar-refractivity contribution in [2.24, 2.45) is 7.05 Å². The summed E-state index contributed by atoms with van der Waals surface area (Å²) in [6, 6.07) is 6.82. The number of nitrogen functional groups attached to an aromatic ring is 1. The average molecular weight is 339 g/mol. The summed E-state index contributed by atoms with van der Waals surface area (Å²) in [7, 11) is 2.84. The molecule has 25 heavy (non-hydrogen) atoms. The van der Waals surface area contributed by atoms with Crippen LogP contribution in [0.2, 0.25) is 0 Å². The minimum absolute atomic E-state index is 0.000773. The van der Waals surface area contributed by atoms with Gasteiger partial charge in [0.15, 0.2) is 11.4 Å². The van der Waals surface area contributed by atoms with E-state index < -0.39 is 11.9 Å². The zero-order chi connectivity index (χ0) is 18.3. The quantitative estimate of drug-likeness (QED) is 0.686. The molecule has 9 heteroatoms. The number of benzene rings is 1. The van der Waals surface area contributed by atoms with Crippen molar-refractivity contribution >= 4 is 28.5 Å². The summed E-state index contributed by atoms with van der Waals surface area (Å²) in [5.74, 6) is -1.87. The van der Waals surface area contributed by atoms with E-state index in [1.165, 1.54) is 22.6 Å². The number of nitrogens with zero attached hydrogens (tertiary/aromatic N) is 4. The number of anilines is 1. The summed E-state index contributed by atoms with van der Waals surface area (Å²) in [6.07, 6.45) is 1.40. The Kier molecular flexibility index (Phi) is 3.65. The van der Waals surface area contributed by atoms with Crippen LogP contribution in [0.3, 0.4) is 0 Å². The lowest BCUT2D eigenvalue weighted by Crippen LogP contribution is -2.11. The first-order chi connectivity index (χ1) is 11.9. The minimum atomic E-state index is -1.17. The SMILES string of the molecule is COC(=O)c1c(N)c(C#N)cn1-c1ccc2c(c1)c(C(=O)O)nn2C. The number of aryl methyl sites for hydroxylation is 1. The summed E-state index contributed by atoms with van der Waals surface area (Å²) in [6.45, 7) is 0. The van der Waals surface area contributed by atoms with Crippen molar-refractivity contribution in [1.82, 2.24) is 14.3 Å². The van der Waals surface area contributed by atoms with Gasteiger partial charge in [0, 0.05) is 24.3 Å². The third-order valence-electron chi connectivity index (χ3n) is 3.86. The molecule has 0 spiro atoms. The van der Waals surface area contributed by atoms with Gasteiger partial charge in [-0.2, -0.15) is 10.4 Å². The number of ether oxygens (including phenoxy) is 1. The highest BCUT2D eigenvalue weighted by Gasteiger charge is 2.23. The third-order valence-corrected chi connectivity index (χ3v) is 3.86. The van der Waals surface area contributed by atoms with Crippen LogP contribution in [-0.4, -0.2) is 38.5 Å². The lowest BCUT2D eigenvalue weighted by molar-refractivity contribution is 0.0592. The molecule has 3 N–H and O–H groups in total. The van der Waals surface area contributed by atoms with Crippen LogP contribution in [0.4, 0.5) is 5.69 Å². The molecule has 2 heterocycles. The number of hydrogen-bond acceptors (Lipinski definition) is 6. The standard InChI is InChI=1S/C16H13N5O4/c1-20-11-4-3-9(5-10(11)13(19-20)15(22)23)21-7-8(6-17)12(18)14(21)16(24)25-2/h3-5,7H,18H2,1-2H3,(H,22,23). The largest absolute Gasteiger partial charge is 0.476 e. The van der Waals surface area contributed by atoms with Gasteiger partial charge in [0.25, 0.3) is 0 Å². The molecular weight excluding hydrogens is 326 g/mol. The third kappa shape index (κ3) is 2.36. The maximum absolute atomic E-state index is 12.1. The van der Waals surface area contributed by atoms with Gasteiger partial charge >= 0.3 is 11.9 Å². The molecule has 1 aromatic carbocycles. The highest BCUT2D eigenvalue weighted by molar-refractivity contribution is 6.02. The Balaban J connectivity index is 2.30. The zero-order valence-corrected chi connectivity index (χ0v) is 13.3. The molecule has 9 nitrogen and oxygen atoms in total. The van der Waals surface area contributed by atoms with Crippen LogP contribution in [-0.2, 0) is 11.8 Å². The molecule has 0 aliphatic rings. The van der Waals surface area contributed by atoms with Crippen molar-refractivity contribution in [2.45, 2.75) is 0 Å². The van der Waals surface area contributed by atoms with E-state index in [0.29, 0.717) is 16.6 Å². The molecule has 126 valence electrons. The molecule has 0 unspecified atom stereocenters. The Morgan fingerprint density at radius 3 is 2.72 bits per heavy atom. The normalized spacial score (nSPS) is 10.6. The summed E-state index contributed by atoms with van der Waals surface area (Å²) >= 11 is 0. The first kappa shape index (κ1) is 16.1. The Bertz CT molecular complexity index is 1070. The van der Waals surface area contributed by atoms with Crippen LogP contribution in [0, 0.1) is 11.3 Å². The molecule has 0 amide bonds. The molecule has 3 rings (SSSR count). The number of nitrogens with two attached hydrogens (primary N) is 1. The fourth-order valence-electron chi connectivity index (χ4n) is 2.68. The summed E-state index contributed by atoms with van der Waals surface area (Å²) in [5.41, 5.74) is 6.94. The van der Waals surface area contributed by atoms with Crippen molar-refractivity contribution < 1.29 is 19.4 Å². The van der Waals surface area contributed by atoms with Gasteiger partial charge in [-0.1, -0.05) is 0 Å². The number of carboxylic acid groups (broad SMARTS) is 1. The minimum Gasteiger partial charge on any atom is -0.476 e. The number of aromatic carboxylic acids is 1. The van der Waals surface area contributed by atoms with Gasteiger partial charge in [0.05, 0.1) is 23.9 Å². The van der Waals surface area contributed by atoms with Gasteiger partial charge in [-0.25, -0.2) is 9.59 Å². The number of esters is 1. The number of hydrogen-bond donors (Lipinski definition) is 2. The van der Waals surface area contributed by atoms with Crippen LogP contribution >= 0.6 is 0 Å². The Hall–Kier alpha value is -3.80. The number of aromatic nitrogens is 3. The van der Waals surface area contributed by atoms with Crippen LogP contribution in [0.15, 0.2) is 24.4 Å². The van der Waals surface area contributed by atoms with Crippen molar-refractivity contribution in [1.29, 1.82) is 5.26 Å². The van der Waals surface area contributed by atoms with E-state index in [1.807, 2.05) is 6.07 Å². The fourth-order valence-corrected chi connectivity index (χ4v) is 2.68. The molecule has 0 aliphatic carbocycles. The van der Waals surface area contributed by atoms with Crippen molar-refractivity contribution in [3.05, 3.63) is 41.3 Å². The molecule has 0 saturated heterocycles. The Labute approximate surface area is 141 Å². The molecule has 2 aromatic heterocycles. The lowest BCUT2D eigenvalue weighted by Gasteiger charge is -2.09. The predicted octanol–water partition coefficient (Wildman–Crippen LogP) is 1.30. The van der Waals surface area contributed by atoms with Gasteiger partial charge in [0.1, 0.15) is 6.07 Å². The van der Waals surface area contributed by atoms with E-state index in [4.69, 9.17) is 15.7 Å². The topological polar surface area (TPSA) is 136 Å². The number of carbonyl (C=O) groups excluding carboxylic acids is 1. The van der Waals surface area contributed by atoms with E-state index in [0.717, 1.165) is 0 Å². The molecule has 0 bridgehead atoms. The maximum atomic E-state index is 12.1. The first-order valence-corrected chi connectivity index (χ1v) is 7.08. The molecular formula is C16H13N5O4. The Morgan fingerprint density at radius 1 is 1.40 bits per heavy atom. The smallest absolute Gasteiger partial charge is 0.357 e. The number of fused-ring (bicyclic) bond motifs is 1. The lowest BCUT2D eigenvalue weighted by atomic mass is 10.2. The van der Waals surface area contributed by atoms with E-state index in [-0.39, 0.29) is 22.6 Å². The zero-order valence-electron chi connectivity index (χ0n) is 13.3. The fraction of sp³-hybridized carbons (Fsp3) is 0.125. The van der Waals surface area contributed by atoms with Crippen LogP contribution in [0.25, 0.3) is 16.6 Å². The average Bonchev–Trinajstić information content (AvgIpc) is 3.11. The molecule has 0 saturated carbocycles. The number of methoxy groups -OCH3 is 1. The summed E-state index contributed by atoms with van der Waals surface area (Å²) < 4.78 is 7.58. The van der Waals surface area contributed by atoms with Crippen molar-refractivity contribution in [3.8, 4) is 11.8 Å². The number of carbonyl (C=O) groups is 2. The van der Waals surface area contributed by atoms with E-state index in [1.54, 1.807) is 25.2 Å². The van der Waals surface area contributed by atoms with Crippen molar-refractivity contribution in [3.63, 3.8) is 0 Å². The van der Waals surface area contributed by atoms with Gasteiger partial charge in [-0.15, -0.1) is 0 Å². The van der Waals surface area contributed by atoms with Gasteiger partial charge < -0.3 is 20.1 Å². The predicted molar refractivity (Wildman–Crippen MR) is 87.5 cm³/mol. The monoisotopic (exact) mass is 339 g/mol. The van der Waals surface area contributed by atoms with E-state index >= 15 is 0 Å². The molecule has 0 aliphatic heterocycles. The second kappa shape index (κ2) is 5.68. The maximum Gasteiger partial charge on any atom is 0.357 e. The number of rotatable bonds is 3. The second-order valence-electron chi connectivity index (χ2n) is 5.26. The van der Waals surface area contributed by atoms with Gasteiger partial charge in [0.2, 0.25) is 0 Å². The summed E-state index contributed by atoms with van der Waals surface area (Å²) in [4.78, 5) is 23.4. The first-order valence-electron chi connectivity index (χ1n) is 7.08. The number of carboxylic acids is 1. The van der Waals surface area contributed by atoms with Gasteiger partial charge in [-0.05, 0) is 18.2 Å². The van der Waals surface area contributed by atoms with E-state index in [2.05, 4.69) is 5.10 Å². The van der Waals surface area contributed by atoms with Crippen LogP contribution in [0.1, 0.15) is 26.5 Å². The molecule has 0 fully saturated rings. The van der Waals surface area contributed by atoms with Crippen LogP contribution in [0.5, 0.6) is 0 Å². The Morgan fingerprint density at radius 2 is 2.12 bits per heavy atom. The molecule has 0 radical (unpaired) electrons. The summed E-state index contributed by atoms with van der Waals surface area (Å²) in [5, 5.41) is 22.8. The second-order valence-corrected chi connectivity index (χ2v) is 5.26. The molecule has 0 atom stereocenters. The number of nitriles is 1. The van der Waals surface area contributed by atoms with Gasteiger partial charge in [-0.3, -0.25) is 4.68 Å². The van der Waals surface area contributed by atoms with E-state index in [9.17, 15) is 14.7 Å². The molecule has 3 aromatic rings. The van der Waals surface area contributed by atoms with Crippen molar-refractivity contribution in [2.75, 3.05) is 12.8 Å².